The maximum absolute atomic E-state index is 13.2. The number of aromatic amines is 1. The van der Waals surface area contributed by atoms with Crippen LogP contribution in [0.3, 0.4) is 0 Å². The number of benzene rings is 2. The summed E-state index contributed by atoms with van der Waals surface area (Å²) in [6, 6.07) is 8.74. The summed E-state index contributed by atoms with van der Waals surface area (Å²) in [5, 5.41) is 0.362. The highest BCUT2D eigenvalue weighted by molar-refractivity contribution is 9.10. The number of fused-ring (bicyclic) bond motifs is 1. The fourth-order valence-electron chi connectivity index (χ4n) is 1.84. The number of nitrogens with one attached hydrogen (secondary N) is 1. The molecule has 0 bridgehead atoms. The summed E-state index contributed by atoms with van der Waals surface area (Å²) in [4.78, 5) is 18.6. The molecule has 0 saturated heterocycles. The molecule has 1 aromatic heterocycles. The number of nitrogens with zero attached hydrogens (tertiary/aromatic N) is 1. The van der Waals surface area contributed by atoms with Crippen LogP contribution >= 0.6 is 15.9 Å². The Morgan fingerprint density at radius 2 is 2.05 bits per heavy atom. The maximum atomic E-state index is 13.2. The van der Waals surface area contributed by atoms with E-state index in [0.717, 1.165) is 0 Å². The van der Waals surface area contributed by atoms with E-state index < -0.39 is 5.82 Å². The lowest BCUT2D eigenvalue weighted by molar-refractivity contribution is 0.436. The van der Waals surface area contributed by atoms with Crippen molar-refractivity contribution < 1.29 is 9.13 Å². The number of rotatable bonds is 2. The van der Waals surface area contributed by atoms with E-state index in [9.17, 15) is 9.18 Å². The van der Waals surface area contributed by atoms with Crippen LogP contribution in [0.5, 0.6) is 11.8 Å². The van der Waals surface area contributed by atoms with Gasteiger partial charge in [0, 0.05) is 11.8 Å². The summed E-state index contributed by atoms with van der Waals surface area (Å²) in [5.41, 5.74) is 6.16. The molecular weight excluding hydrogens is 341 g/mol. The SMILES string of the molecule is Nc1ccc2nc(Oc3cc(F)ccc3Br)[nH]c(=O)c2c1. The average molecular weight is 350 g/mol. The first-order valence-electron chi connectivity index (χ1n) is 5.95. The number of hydrogen-bond acceptors (Lipinski definition) is 4. The molecule has 3 aromatic rings. The third-order valence-corrected chi connectivity index (χ3v) is 3.46. The van der Waals surface area contributed by atoms with Crippen molar-refractivity contribution in [1.82, 2.24) is 9.97 Å². The number of nitrogens with two attached hydrogens (primary N) is 1. The molecule has 21 heavy (non-hydrogen) atoms. The number of ether oxygens (including phenoxy) is 1. The zero-order chi connectivity index (χ0) is 15.0. The van der Waals surface area contributed by atoms with Gasteiger partial charge in [-0.15, -0.1) is 0 Å². The van der Waals surface area contributed by atoms with Gasteiger partial charge in [0.2, 0.25) is 0 Å². The van der Waals surface area contributed by atoms with Crippen molar-refractivity contribution in [2.75, 3.05) is 5.73 Å². The van der Waals surface area contributed by atoms with Gasteiger partial charge in [-0.3, -0.25) is 9.78 Å². The van der Waals surface area contributed by atoms with Crippen LogP contribution in [-0.4, -0.2) is 9.97 Å². The molecule has 3 rings (SSSR count). The second-order valence-corrected chi connectivity index (χ2v) is 5.18. The molecule has 0 spiro atoms. The van der Waals surface area contributed by atoms with Crippen LogP contribution in [0.25, 0.3) is 10.9 Å². The van der Waals surface area contributed by atoms with E-state index in [1.165, 1.54) is 24.3 Å². The van der Waals surface area contributed by atoms with Gasteiger partial charge in [0.1, 0.15) is 11.6 Å². The van der Waals surface area contributed by atoms with Crippen molar-refractivity contribution in [2.24, 2.45) is 0 Å². The van der Waals surface area contributed by atoms with Crippen molar-refractivity contribution in [2.45, 2.75) is 0 Å². The van der Waals surface area contributed by atoms with Crippen molar-refractivity contribution in [3.8, 4) is 11.8 Å². The summed E-state index contributed by atoms with van der Waals surface area (Å²) >= 11 is 3.24. The highest BCUT2D eigenvalue weighted by Crippen LogP contribution is 2.28. The Kier molecular flexibility index (Phi) is 3.34. The van der Waals surface area contributed by atoms with Crippen LogP contribution in [0.15, 0.2) is 45.7 Å². The number of anilines is 1. The fourth-order valence-corrected chi connectivity index (χ4v) is 2.17. The molecule has 5 nitrogen and oxygen atoms in total. The minimum absolute atomic E-state index is 0.0245. The summed E-state index contributed by atoms with van der Waals surface area (Å²) in [5.74, 6) is -0.239. The monoisotopic (exact) mass is 349 g/mol. The molecule has 0 amide bonds. The van der Waals surface area contributed by atoms with Crippen molar-refractivity contribution in [3.63, 3.8) is 0 Å². The second kappa shape index (κ2) is 5.17. The normalized spacial score (nSPS) is 10.8. The zero-order valence-electron chi connectivity index (χ0n) is 10.6. The van der Waals surface area contributed by atoms with E-state index in [4.69, 9.17) is 10.5 Å². The number of nitrogen functional groups attached to an aromatic ring is 1. The number of H-pyrrole nitrogens is 1. The van der Waals surface area contributed by atoms with Gasteiger partial charge in [-0.1, -0.05) is 0 Å². The van der Waals surface area contributed by atoms with E-state index in [-0.39, 0.29) is 17.3 Å². The maximum Gasteiger partial charge on any atom is 0.302 e. The second-order valence-electron chi connectivity index (χ2n) is 4.32. The Labute approximate surface area is 126 Å². The van der Waals surface area contributed by atoms with Crippen LogP contribution in [0.1, 0.15) is 0 Å². The molecular formula is C14H9BrFN3O2. The quantitative estimate of drug-likeness (QED) is 0.696. The molecule has 3 N–H and O–H groups in total. The molecule has 0 unspecified atom stereocenters. The van der Waals surface area contributed by atoms with Gasteiger partial charge >= 0.3 is 6.01 Å². The average Bonchev–Trinajstić information content (AvgIpc) is 2.44. The molecule has 0 aliphatic rings. The summed E-state index contributed by atoms with van der Waals surface area (Å²) in [7, 11) is 0. The predicted octanol–water partition coefficient (Wildman–Crippen LogP) is 3.20. The van der Waals surface area contributed by atoms with Gasteiger partial charge in [-0.25, -0.2) is 4.39 Å². The predicted molar refractivity (Wildman–Crippen MR) is 81.0 cm³/mol. The summed E-state index contributed by atoms with van der Waals surface area (Å²) in [6.07, 6.45) is 0. The van der Waals surface area contributed by atoms with Crippen LogP contribution < -0.4 is 16.0 Å². The standard InChI is InChI=1S/C14H9BrFN3O2/c15-10-3-1-7(16)5-12(10)21-14-18-11-4-2-8(17)6-9(11)13(20)19-14/h1-6H,17H2,(H,18,19,20). The summed E-state index contributed by atoms with van der Waals surface area (Å²) < 4.78 is 19.2. The minimum Gasteiger partial charge on any atom is -0.424 e. The van der Waals surface area contributed by atoms with Crippen molar-refractivity contribution >= 4 is 32.5 Å². The van der Waals surface area contributed by atoms with Gasteiger partial charge in [0.25, 0.3) is 5.56 Å². The molecule has 0 aliphatic heterocycles. The minimum atomic E-state index is -0.455. The zero-order valence-corrected chi connectivity index (χ0v) is 12.1. The summed E-state index contributed by atoms with van der Waals surface area (Å²) in [6.45, 7) is 0. The lowest BCUT2D eigenvalue weighted by atomic mass is 10.2. The number of halogens is 2. The molecule has 0 fully saturated rings. The van der Waals surface area contributed by atoms with Gasteiger partial charge in [0.05, 0.1) is 15.4 Å². The van der Waals surface area contributed by atoms with E-state index in [1.54, 1.807) is 12.1 Å². The molecule has 0 atom stereocenters. The first-order chi connectivity index (χ1) is 10.0. The molecule has 1 heterocycles. The largest absolute Gasteiger partial charge is 0.424 e. The third-order valence-electron chi connectivity index (χ3n) is 2.81. The van der Waals surface area contributed by atoms with Crippen LogP contribution in [0.2, 0.25) is 0 Å². The lowest BCUT2D eigenvalue weighted by Gasteiger charge is -2.07. The highest BCUT2D eigenvalue weighted by atomic mass is 79.9. The Hall–Kier alpha value is -2.41. The Morgan fingerprint density at radius 1 is 1.24 bits per heavy atom. The Morgan fingerprint density at radius 3 is 2.86 bits per heavy atom. The van der Waals surface area contributed by atoms with E-state index >= 15 is 0 Å². The van der Waals surface area contributed by atoms with E-state index in [0.29, 0.717) is 21.1 Å². The fraction of sp³-hybridized carbons (Fsp3) is 0. The number of aromatic nitrogens is 2. The van der Waals surface area contributed by atoms with E-state index in [1.807, 2.05) is 0 Å². The van der Waals surface area contributed by atoms with Crippen LogP contribution in [-0.2, 0) is 0 Å². The van der Waals surface area contributed by atoms with Crippen LogP contribution in [0, 0.1) is 5.82 Å². The van der Waals surface area contributed by atoms with E-state index in [2.05, 4.69) is 25.9 Å². The third kappa shape index (κ3) is 2.73. The number of hydrogen-bond donors (Lipinski definition) is 2. The van der Waals surface area contributed by atoms with Gasteiger partial charge in [0.15, 0.2) is 0 Å². The first kappa shape index (κ1) is 13.6. The first-order valence-corrected chi connectivity index (χ1v) is 6.75. The topological polar surface area (TPSA) is 81.0 Å². The smallest absolute Gasteiger partial charge is 0.302 e. The Bertz CT molecular complexity index is 895. The van der Waals surface area contributed by atoms with Gasteiger partial charge in [-0.05, 0) is 46.3 Å². The molecule has 2 aromatic carbocycles. The van der Waals surface area contributed by atoms with Crippen molar-refractivity contribution in [3.05, 3.63) is 57.0 Å². The molecule has 7 heteroatoms. The highest BCUT2D eigenvalue weighted by Gasteiger charge is 2.09. The lowest BCUT2D eigenvalue weighted by Crippen LogP contribution is -2.09. The molecule has 0 aliphatic carbocycles. The molecule has 106 valence electrons. The van der Waals surface area contributed by atoms with Gasteiger partial charge < -0.3 is 10.5 Å². The molecule has 0 radical (unpaired) electrons. The van der Waals surface area contributed by atoms with Gasteiger partial charge in [-0.2, -0.15) is 4.98 Å². The molecule has 0 saturated carbocycles. The van der Waals surface area contributed by atoms with Crippen molar-refractivity contribution in [1.29, 1.82) is 0 Å². The van der Waals surface area contributed by atoms with Crippen LogP contribution in [0.4, 0.5) is 10.1 Å². The Balaban J connectivity index is 2.07.